The lowest BCUT2D eigenvalue weighted by molar-refractivity contribution is -0.389. The van der Waals surface area contributed by atoms with Crippen LogP contribution in [0.4, 0.5) is 11.6 Å². The first-order valence-corrected chi connectivity index (χ1v) is 6.94. The Morgan fingerprint density at radius 1 is 1.62 bits per heavy atom. The minimum Gasteiger partial charge on any atom is -0.386 e. The van der Waals surface area contributed by atoms with Crippen molar-refractivity contribution in [3.63, 3.8) is 0 Å². The molecular weight excluding hydrogens is 296 g/mol. The van der Waals surface area contributed by atoms with Gasteiger partial charge in [-0.15, -0.1) is 0 Å². The highest BCUT2D eigenvalue weighted by Gasteiger charge is 2.24. The van der Waals surface area contributed by atoms with Gasteiger partial charge in [0.05, 0.1) is 12.3 Å². The van der Waals surface area contributed by atoms with Gasteiger partial charge in [-0.1, -0.05) is 11.3 Å². The monoisotopic (exact) mass is 308 g/mol. The van der Waals surface area contributed by atoms with Crippen LogP contribution in [0.5, 0.6) is 0 Å². The Kier molecular flexibility index (Phi) is 3.31. The van der Waals surface area contributed by atoms with Crippen LogP contribution in [0.25, 0.3) is 4.96 Å². The van der Waals surface area contributed by atoms with Crippen molar-refractivity contribution < 1.29 is 10.0 Å². The Bertz CT molecular complexity index is 791. The third kappa shape index (κ3) is 2.45. The van der Waals surface area contributed by atoms with Crippen LogP contribution in [0.2, 0.25) is 0 Å². The van der Waals surface area contributed by atoms with Crippen molar-refractivity contribution in [3.8, 4) is 0 Å². The van der Waals surface area contributed by atoms with Gasteiger partial charge in [-0.25, -0.2) is 0 Å². The van der Waals surface area contributed by atoms with Gasteiger partial charge in [-0.3, -0.25) is 4.68 Å². The second-order valence-electron chi connectivity index (χ2n) is 4.44. The minimum absolute atomic E-state index is 0.108. The Hall–Kier alpha value is -2.46. The summed E-state index contributed by atoms with van der Waals surface area (Å²) in [5.74, 6) is 0.0134. The molecule has 1 unspecified atom stereocenters. The van der Waals surface area contributed by atoms with E-state index in [2.05, 4.69) is 15.4 Å². The molecule has 0 aliphatic carbocycles. The number of thiazole rings is 1. The molecule has 0 radical (unpaired) electrons. The van der Waals surface area contributed by atoms with Crippen LogP contribution in [0, 0.1) is 10.1 Å². The number of hydrogen-bond acceptors (Lipinski definition) is 7. The summed E-state index contributed by atoms with van der Waals surface area (Å²) in [5, 5.41) is 29.7. The average Bonchev–Trinajstić information content (AvgIpc) is 3.09. The van der Waals surface area contributed by atoms with E-state index in [-0.39, 0.29) is 18.2 Å². The average molecular weight is 308 g/mol. The normalized spacial score (nSPS) is 12.7. The van der Waals surface area contributed by atoms with Gasteiger partial charge in [0.2, 0.25) is 5.82 Å². The molecule has 3 rings (SSSR count). The molecule has 9 nitrogen and oxygen atoms in total. The van der Waals surface area contributed by atoms with E-state index in [1.807, 2.05) is 0 Å². The van der Waals surface area contributed by atoms with E-state index in [0.29, 0.717) is 10.5 Å². The van der Waals surface area contributed by atoms with Crippen LogP contribution >= 0.6 is 11.3 Å². The lowest BCUT2D eigenvalue weighted by Crippen LogP contribution is -2.13. The van der Waals surface area contributed by atoms with E-state index in [1.54, 1.807) is 35.7 Å². The smallest absolute Gasteiger partial charge is 0.372 e. The number of anilines is 1. The van der Waals surface area contributed by atoms with Crippen molar-refractivity contribution in [2.24, 2.45) is 7.05 Å². The summed E-state index contributed by atoms with van der Waals surface area (Å²) in [4.78, 5) is 15.3. The van der Waals surface area contributed by atoms with Gasteiger partial charge in [0.15, 0.2) is 0 Å². The van der Waals surface area contributed by atoms with Crippen molar-refractivity contribution in [2.75, 3.05) is 11.9 Å². The first kappa shape index (κ1) is 13.5. The van der Waals surface area contributed by atoms with Crippen LogP contribution in [-0.2, 0) is 7.05 Å². The summed E-state index contributed by atoms with van der Waals surface area (Å²) in [6.07, 6.45) is 4.00. The molecule has 2 N–H and O–H groups in total. The Labute approximate surface area is 122 Å². The van der Waals surface area contributed by atoms with E-state index >= 15 is 0 Å². The Morgan fingerprint density at radius 3 is 3.10 bits per heavy atom. The molecule has 10 heteroatoms. The molecular formula is C11H12N6O3S. The molecule has 0 aliphatic rings. The standard InChI is InChI=1S/C11H12N6O3S/c1-15-6-7(4-13-15)8(18)5-12-9-10(17(19)20)16-2-3-21-11(16)14-9/h2-4,6,8,12,18H,5H2,1H3. The molecule has 1 atom stereocenters. The highest BCUT2D eigenvalue weighted by Crippen LogP contribution is 2.28. The van der Waals surface area contributed by atoms with E-state index in [4.69, 9.17) is 0 Å². The summed E-state index contributed by atoms with van der Waals surface area (Å²) in [6, 6.07) is 0. The molecule has 0 fully saturated rings. The minimum atomic E-state index is -0.821. The van der Waals surface area contributed by atoms with Gasteiger partial charge < -0.3 is 20.5 Å². The van der Waals surface area contributed by atoms with Crippen LogP contribution in [0.1, 0.15) is 11.7 Å². The lowest BCUT2D eigenvalue weighted by atomic mass is 10.2. The van der Waals surface area contributed by atoms with E-state index in [9.17, 15) is 15.2 Å². The Morgan fingerprint density at radius 2 is 2.43 bits per heavy atom. The maximum Gasteiger partial charge on any atom is 0.372 e. The fourth-order valence-electron chi connectivity index (χ4n) is 1.99. The quantitative estimate of drug-likeness (QED) is 0.541. The molecule has 0 amide bonds. The SMILES string of the molecule is Cn1cc(C(O)CNc2nc3sccn3c2[N+](=O)[O-])cn1. The maximum absolute atomic E-state index is 11.1. The number of hydrogen-bond donors (Lipinski definition) is 2. The van der Waals surface area contributed by atoms with Crippen molar-refractivity contribution in [3.05, 3.63) is 39.6 Å². The van der Waals surface area contributed by atoms with Gasteiger partial charge in [0.25, 0.3) is 4.96 Å². The summed E-state index contributed by atoms with van der Waals surface area (Å²) >= 11 is 1.31. The molecule has 21 heavy (non-hydrogen) atoms. The fraction of sp³-hybridized carbons (Fsp3) is 0.273. The third-order valence-corrected chi connectivity index (χ3v) is 3.74. The lowest BCUT2D eigenvalue weighted by Gasteiger charge is -2.09. The molecule has 110 valence electrons. The predicted molar refractivity (Wildman–Crippen MR) is 76.4 cm³/mol. The summed E-state index contributed by atoms with van der Waals surface area (Å²) in [7, 11) is 1.75. The second kappa shape index (κ2) is 5.14. The number of aryl methyl sites for hydroxylation is 1. The zero-order valence-corrected chi connectivity index (χ0v) is 11.8. The number of aromatic nitrogens is 4. The first-order valence-electron chi connectivity index (χ1n) is 6.06. The molecule has 3 aromatic heterocycles. The summed E-state index contributed by atoms with van der Waals surface area (Å²) < 4.78 is 2.98. The number of nitrogens with one attached hydrogen (secondary N) is 1. The van der Waals surface area contributed by atoms with E-state index in [1.165, 1.54) is 15.7 Å². The molecule has 0 aliphatic heterocycles. The summed E-state index contributed by atoms with van der Waals surface area (Å²) in [5.41, 5.74) is 0.633. The van der Waals surface area contributed by atoms with Gasteiger partial charge in [0, 0.05) is 30.7 Å². The zero-order valence-electron chi connectivity index (χ0n) is 11.0. The number of aliphatic hydroxyl groups is 1. The largest absolute Gasteiger partial charge is 0.386 e. The maximum atomic E-state index is 11.1. The number of imidazole rings is 1. The van der Waals surface area contributed by atoms with Gasteiger partial charge in [-0.05, 0) is 4.92 Å². The van der Waals surface area contributed by atoms with E-state index < -0.39 is 11.0 Å². The highest BCUT2D eigenvalue weighted by atomic mass is 32.1. The van der Waals surface area contributed by atoms with Crippen molar-refractivity contribution in [1.82, 2.24) is 19.2 Å². The second-order valence-corrected chi connectivity index (χ2v) is 5.31. The number of rotatable bonds is 5. The molecule has 3 heterocycles. The number of nitro groups is 1. The number of fused-ring (bicyclic) bond motifs is 1. The van der Waals surface area contributed by atoms with Crippen LogP contribution in [-0.4, -0.2) is 35.7 Å². The van der Waals surface area contributed by atoms with Crippen LogP contribution in [0.3, 0.4) is 0 Å². The van der Waals surface area contributed by atoms with Crippen molar-refractivity contribution in [1.29, 1.82) is 0 Å². The zero-order chi connectivity index (χ0) is 15.0. The van der Waals surface area contributed by atoms with Gasteiger partial charge >= 0.3 is 5.82 Å². The third-order valence-electron chi connectivity index (χ3n) is 2.98. The molecule has 0 spiro atoms. The topological polar surface area (TPSA) is 111 Å². The molecule has 3 aromatic rings. The number of nitrogens with zero attached hydrogens (tertiary/aromatic N) is 5. The Balaban J connectivity index is 1.80. The van der Waals surface area contributed by atoms with Crippen molar-refractivity contribution >= 4 is 27.9 Å². The van der Waals surface area contributed by atoms with Crippen molar-refractivity contribution in [2.45, 2.75) is 6.10 Å². The summed E-state index contributed by atoms with van der Waals surface area (Å²) in [6.45, 7) is 0.108. The molecule has 0 aromatic carbocycles. The van der Waals surface area contributed by atoms with E-state index in [0.717, 1.165) is 0 Å². The predicted octanol–water partition coefficient (Wildman–Crippen LogP) is 1.18. The van der Waals surface area contributed by atoms with Crippen LogP contribution < -0.4 is 5.32 Å². The van der Waals surface area contributed by atoms with Gasteiger partial charge in [-0.2, -0.15) is 14.5 Å². The molecule has 0 saturated carbocycles. The molecule has 0 bridgehead atoms. The fourth-order valence-corrected chi connectivity index (χ4v) is 2.70. The number of aliphatic hydroxyl groups excluding tert-OH is 1. The molecule has 0 saturated heterocycles. The van der Waals surface area contributed by atoms with Crippen LogP contribution in [0.15, 0.2) is 24.0 Å². The first-order chi connectivity index (χ1) is 10.1. The highest BCUT2D eigenvalue weighted by molar-refractivity contribution is 7.15. The van der Waals surface area contributed by atoms with Gasteiger partial charge in [0.1, 0.15) is 6.20 Å².